The minimum absolute atomic E-state index is 0.110. The van der Waals surface area contributed by atoms with Gasteiger partial charge >= 0.3 is 0 Å². The van der Waals surface area contributed by atoms with Crippen LogP contribution in [0.3, 0.4) is 0 Å². The molecule has 5 heteroatoms. The summed E-state index contributed by atoms with van der Waals surface area (Å²) >= 11 is 0. The number of primary amides is 1. The van der Waals surface area contributed by atoms with Crippen LogP contribution >= 0.6 is 0 Å². The van der Waals surface area contributed by atoms with E-state index in [9.17, 15) is 9.59 Å². The second-order valence-corrected chi connectivity index (χ2v) is 8.36. The van der Waals surface area contributed by atoms with E-state index in [0.29, 0.717) is 30.7 Å². The molecule has 0 aliphatic carbocycles. The lowest BCUT2D eigenvalue weighted by Crippen LogP contribution is -2.38. The van der Waals surface area contributed by atoms with E-state index in [1.807, 2.05) is 6.07 Å². The van der Waals surface area contributed by atoms with Crippen LogP contribution in [0.2, 0.25) is 0 Å². The Hall–Kier alpha value is -1.88. The summed E-state index contributed by atoms with van der Waals surface area (Å²) in [4.78, 5) is 28.6. The van der Waals surface area contributed by atoms with Crippen LogP contribution < -0.4 is 5.73 Å². The van der Waals surface area contributed by atoms with E-state index in [2.05, 4.69) is 48.8 Å². The molecule has 5 nitrogen and oxygen atoms in total. The number of amides is 2. The van der Waals surface area contributed by atoms with Crippen LogP contribution in [0.15, 0.2) is 24.3 Å². The lowest BCUT2D eigenvalue weighted by Gasteiger charge is -2.31. The summed E-state index contributed by atoms with van der Waals surface area (Å²) in [5, 5.41) is 0. The Morgan fingerprint density at radius 2 is 1.92 bits per heavy atom. The van der Waals surface area contributed by atoms with Crippen LogP contribution in [0, 0.1) is 24.7 Å². The number of hydrogen-bond acceptors (Lipinski definition) is 3. The highest BCUT2D eigenvalue weighted by molar-refractivity contribution is 5.77. The Labute approximate surface area is 156 Å². The molecule has 0 spiro atoms. The van der Waals surface area contributed by atoms with Gasteiger partial charge in [-0.15, -0.1) is 0 Å². The number of rotatable bonds is 6. The largest absolute Gasteiger partial charge is 0.369 e. The van der Waals surface area contributed by atoms with Gasteiger partial charge in [-0.2, -0.15) is 0 Å². The van der Waals surface area contributed by atoms with E-state index in [1.54, 1.807) is 0 Å². The molecule has 0 unspecified atom stereocenters. The number of carbonyl (C=O) groups excluding carboxylic acids is 2. The first kappa shape index (κ1) is 18.9. The number of carbonyl (C=O) groups is 2. The van der Waals surface area contributed by atoms with E-state index < -0.39 is 0 Å². The Morgan fingerprint density at radius 1 is 1.19 bits per heavy atom. The zero-order chi connectivity index (χ0) is 18.8. The predicted octanol–water partition coefficient (Wildman–Crippen LogP) is 2.35. The molecule has 3 rings (SSSR count). The fraction of sp³-hybridized carbons (Fsp3) is 0.619. The van der Waals surface area contributed by atoms with E-state index in [0.717, 1.165) is 26.1 Å². The fourth-order valence-corrected chi connectivity index (χ4v) is 4.62. The third-order valence-corrected chi connectivity index (χ3v) is 5.88. The lowest BCUT2D eigenvalue weighted by molar-refractivity contribution is -0.133. The van der Waals surface area contributed by atoms with Gasteiger partial charge in [0.05, 0.1) is 12.6 Å². The number of nitrogens with zero attached hydrogens (tertiary/aromatic N) is 2. The lowest BCUT2D eigenvalue weighted by atomic mass is 9.87. The number of likely N-dealkylation sites (tertiary alicyclic amines) is 2. The van der Waals surface area contributed by atoms with Gasteiger partial charge < -0.3 is 10.6 Å². The molecule has 0 radical (unpaired) electrons. The Morgan fingerprint density at radius 3 is 2.58 bits per heavy atom. The predicted molar refractivity (Wildman–Crippen MR) is 102 cm³/mol. The molecular formula is C21H31N3O2. The normalized spacial score (nSPS) is 25.7. The molecule has 0 bridgehead atoms. The average Bonchev–Trinajstić information content (AvgIpc) is 3.09. The molecule has 2 amide bonds. The molecule has 2 aliphatic rings. The highest BCUT2D eigenvalue weighted by Crippen LogP contribution is 2.46. The summed E-state index contributed by atoms with van der Waals surface area (Å²) in [5.74, 6) is 1.31. The molecule has 2 heterocycles. The molecule has 2 saturated heterocycles. The second kappa shape index (κ2) is 7.78. The van der Waals surface area contributed by atoms with Crippen molar-refractivity contribution in [2.45, 2.75) is 39.7 Å². The van der Waals surface area contributed by atoms with Gasteiger partial charge in [-0.3, -0.25) is 14.5 Å². The Balaban J connectivity index is 1.84. The highest BCUT2D eigenvalue weighted by atomic mass is 16.2. The van der Waals surface area contributed by atoms with Crippen molar-refractivity contribution in [3.63, 3.8) is 0 Å². The molecule has 2 fully saturated rings. The first-order valence-corrected chi connectivity index (χ1v) is 9.72. The van der Waals surface area contributed by atoms with Crippen molar-refractivity contribution in [1.82, 2.24) is 9.80 Å². The molecule has 0 aromatic heterocycles. The van der Waals surface area contributed by atoms with Crippen molar-refractivity contribution in [2.24, 2.45) is 23.5 Å². The van der Waals surface area contributed by atoms with Gasteiger partial charge in [-0.05, 0) is 36.3 Å². The summed E-state index contributed by atoms with van der Waals surface area (Å²) in [5.41, 5.74) is 7.87. The maximum atomic E-state index is 13.0. The van der Waals surface area contributed by atoms with Crippen LogP contribution in [0.5, 0.6) is 0 Å². The quantitative estimate of drug-likeness (QED) is 0.850. The van der Waals surface area contributed by atoms with Crippen molar-refractivity contribution in [3.8, 4) is 0 Å². The van der Waals surface area contributed by atoms with Crippen molar-refractivity contribution in [3.05, 3.63) is 35.4 Å². The van der Waals surface area contributed by atoms with Gasteiger partial charge in [0.15, 0.2) is 0 Å². The van der Waals surface area contributed by atoms with Crippen LogP contribution in [-0.2, 0) is 9.59 Å². The molecule has 1 aromatic rings. The van der Waals surface area contributed by atoms with Gasteiger partial charge in [0, 0.05) is 32.0 Å². The molecule has 2 aliphatic heterocycles. The van der Waals surface area contributed by atoms with Gasteiger partial charge in [0.1, 0.15) is 0 Å². The smallest absolute Gasteiger partial charge is 0.231 e. The molecule has 1 aromatic carbocycles. The molecule has 142 valence electrons. The van der Waals surface area contributed by atoms with Crippen molar-refractivity contribution in [1.29, 1.82) is 0 Å². The summed E-state index contributed by atoms with van der Waals surface area (Å²) in [6.07, 6.45) is 1.55. The second-order valence-electron chi connectivity index (χ2n) is 8.36. The van der Waals surface area contributed by atoms with Crippen LogP contribution in [0.25, 0.3) is 0 Å². The minimum Gasteiger partial charge on any atom is -0.369 e. The maximum Gasteiger partial charge on any atom is 0.231 e. The van der Waals surface area contributed by atoms with Crippen molar-refractivity contribution >= 4 is 11.8 Å². The van der Waals surface area contributed by atoms with E-state index in [4.69, 9.17) is 5.73 Å². The number of hydrogen-bond donors (Lipinski definition) is 1. The summed E-state index contributed by atoms with van der Waals surface area (Å²) in [6.45, 7) is 9.23. The minimum atomic E-state index is -0.276. The summed E-state index contributed by atoms with van der Waals surface area (Å²) in [7, 11) is 0. The molecule has 26 heavy (non-hydrogen) atoms. The molecule has 2 N–H and O–H groups in total. The molecular weight excluding hydrogens is 326 g/mol. The van der Waals surface area contributed by atoms with Crippen LogP contribution in [0.1, 0.15) is 43.9 Å². The van der Waals surface area contributed by atoms with Gasteiger partial charge in [0.2, 0.25) is 11.8 Å². The van der Waals surface area contributed by atoms with E-state index in [1.165, 1.54) is 11.1 Å². The summed E-state index contributed by atoms with van der Waals surface area (Å²) in [6, 6.07) is 8.49. The molecule has 0 saturated carbocycles. The SMILES string of the molecule is Cc1ccccc1[C@@H]1[C@H]2CN(CC(N)=O)C[C@H]2CN1C(=O)CCC(C)C. The molecule has 3 atom stereocenters. The van der Waals surface area contributed by atoms with Gasteiger partial charge in [-0.25, -0.2) is 0 Å². The standard InChI is InChI=1S/C21H31N3O2/c1-14(2)8-9-20(26)24-11-16-10-23(13-19(22)25)12-18(16)21(24)17-7-5-4-6-15(17)3/h4-7,14,16,18,21H,8-13H2,1-3H3,(H2,22,25)/t16-,18-,21+/m0/s1. The Bertz CT molecular complexity index is 673. The number of aryl methyl sites for hydroxylation is 1. The van der Waals surface area contributed by atoms with Crippen LogP contribution in [0.4, 0.5) is 0 Å². The third kappa shape index (κ3) is 3.93. The van der Waals surface area contributed by atoms with Gasteiger partial charge in [0.25, 0.3) is 0 Å². The average molecular weight is 357 g/mol. The first-order chi connectivity index (χ1) is 12.4. The zero-order valence-corrected chi connectivity index (χ0v) is 16.1. The summed E-state index contributed by atoms with van der Waals surface area (Å²) < 4.78 is 0. The van der Waals surface area contributed by atoms with Crippen molar-refractivity contribution in [2.75, 3.05) is 26.2 Å². The topological polar surface area (TPSA) is 66.6 Å². The van der Waals surface area contributed by atoms with Crippen molar-refractivity contribution < 1.29 is 9.59 Å². The zero-order valence-electron chi connectivity index (χ0n) is 16.1. The van der Waals surface area contributed by atoms with E-state index in [-0.39, 0.29) is 17.9 Å². The van der Waals surface area contributed by atoms with Crippen LogP contribution in [-0.4, -0.2) is 47.8 Å². The number of benzene rings is 1. The monoisotopic (exact) mass is 357 g/mol. The fourth-order valence-electron chi connectivity index (χ4n) is 4.62. The number of fused-ring (bicyclic) bond motifs is 1. The first-order valence-electron chi connectivity index (χ1n) is 9.72. The van der Waals surface area contributed by atoms with Gasteiger partial charge in [-0.1, -0.05) is 38.1 Å². The Kier molecular flexibility index (Phi) is 5.66. The number of nitrogens with two attached hydrogens (primary N) is 1. The highest BCUT2D eigenvalue weighted by Gasteiger charge is 2.49. The van der Waals surface area contributed by atoms with E-state index >= 15 is 0 Å². The third-order valence-electron chi connectivity index (χ3n) is 5.88. The maximum absolute atomic E-state index is 13.0.